The zero-order valence-corrected chi connectivity index (χ0v) is 12.7. The predicted octanol–water partition coefficient (Wildman–Crippen LogP) is 3.80. The van der Waals surface area contributed by atoms with E-state index in [9.17, 15) is 4.79 Å². The molecule has 0 radical (unpaired) electrons. The molecule has 1 aromatic carbocycles. The Morgan fingerprint density at radius 2 is 2.14 bits per heavy atom. The van der Waals surface area contributed by atoms with E-state index in [2.05, 4.69) is 29.4 Å². The van der Waals surface area contributed by atoms with Crippen LogP contribution in [-0.2, 0) is 11.2 Å². The Hall–Kier alpha value is -1.77. The number of rotatable bonds is 6. The maximum atomic E-state index is 12.1. The number of amides is 1. The third-order valence-corrected chi connectivity index (χ3v) is 5.12. The molecule has 21 heavy (non-hydrogen) atoms. The molecule has 2 aromatic rings. The minimum absolute atomic E-state index is 0.181. The highest BCUT2D eigenvalue weighted by Crippen LogP contribution is 2.43. The average Bonchev–Trinajstić information content (AvgIpc) is 2.88. The smallest absolute Gasteiger partial charge is 0.220 e. The fourth-order valence-electron chi connectivity index (χ4n) is 3.29. The topological polar surface area (TPSA) is 44.9 Å². The van der Waals surface area contributed by atoms with Crippen LogP contribution in [0.3, 0.4) is 0 Å². The molecule has 1 heterocycles. The largest absolute Gasteiger partial charge is 0.361 e. The molecule has 0 bridgehead atoms. The van der Waals surface area contributed by atoms with E-state index in [1.165, 1.54) is 36.6 Å². The molecule has 1 amide bonds. The summed E-state index contributed by atoms with van der Waals surface area (Å²) in [4.78, 5) is 15.3. The van der Waals surface area contributed by atoms with E-state index >= 15 is 0 Å². The molecule has 1 fully saturated rings. The molecule has 1 aliphatic rings. The lowest BCUT2D eigenvalue weighted by atomic mass is 9.67. The van der Waals surface area contributed by atoms with Gasteiger partial charge in [0.25, 0.3) is 0 Å². The fraction of sp³-hybridized carbons (Fsp3) is 0.500. The van der Waals surface area contributed by atoms with Crippen molar-refractivity contribution in [3.63, 3.8) is 0 Å². The van der Waals surface area contributed by atoms with Crippen molar-refractivity contribution in [2.45, 2.75) is 45.4 Å². The van der Waals surface area contributed by atoms with Gasteiger partial charge in [0.15, 0.2) is 0 Å². The van der Waals surface area contributed by atoms with Gasteiger partial charge in [-0.15, -0.1) is 0 Å². The molecular weight excluding hydrogens is 260 g/mol. The first-order chi connectivity index (χ1) is 10.2. The van der Waals surface area contributed by atoms with Crippen molar-refractivity contribution in [2.24, 2.45) is 5.41 Å². The van der Waals surface area contributed by atoms with E-state index in [-0.39, 0.29) is 5.91 Å². The molecule has 1 aromatic heterocycles. The fourth-order valence-corrected chi connectivity index (χ4v) is 3.29. The van der Waals surface area contributed by atoms with Gasteiger partial charge in [-0.25, -0.2) is 0 Å². The molecule has 3 nitrogen and oxygen atoms in total. The van der Waals surface area contributed by atoms with E-state index in [1.54, 1.807) is 0 Å². The lowest BCUT2D eigenvalue weighted by Gasteiger charge is -2.41. The van der Waals surface area contributed by atoms with Gasteiger partial charge in [-0.2, -0.15) is 0 Å². The van der Waals surface area contributed by atoms with Crippen LogP contribution in [0.25, 0.3) is 10.9 Å². The van der Waals surface area contributed by atoms with Gasteiger partial charge in [-0.05, 0) is 42.7 Å². The molecule has 3 rings (SSSR count). The summed E-state index contributed by atoms with van der Waals surface area (Å²) >= 11 is 0. The highest BCUT2D eigenvalue weighted by atomic mass is 16.1. The Kier molecular flexibility index (Phi) is 4.00. The first kappa shape index (κ1) is 14.2. The molecule has 0 saturated heterocycles. The maximum absolute atomic E-state index is 12.1. The summed E-state index contributed by atoms with van der Waals surface area (Å²) in [5.41, 5.74) is 2.78. The van der Waals surface area contributed by atoms with Crippen molar-refractivity contribution in [1.29, 1.82) is 0 Å². The molecular formula is C18H24N2O. The number of carbonyl (C=O) groups excluding carboxylic acids is 1. The zero-order chi connectivity index (χ0) is 14.7. The summed E-state index contributed by atoms with van der Waals surface area (Å²) in [5.74, 6) is 0.181. The Balaban J connectivity index is 1.52. The Labute approximate surface area is 126 Å². The van der Waals surface area contributed by atoms with Crippen LogP contribution in [-0.4, -0.2) is 17.4 Å². The van der Waals surface area contributed by atoms with E-state index in [4.69, 9.17) is 0 Å². The number of nitrogens with one attached hydrogen (secondary N) is 2. The summed E-state index contributed by atoms with van der Waals surface area (Å²) in [6, 6.07) is 8.25. The van der Waals surface area contributed by atoms with Crippen molar-refractivity contribution in [3.8, 4) is 0 Å². The van der Waals surface area contributed by atoms with Crippen molar-refractivity contribution in [1.82, 2.24) is 10.3 Å². The van der Waals surface area contributed by atoms with Crippen LogP contribution >= 0.6 is 0 Å². The van der Waals surface area contributed by atoms with E-state index < -0.39 is 0 Å². The molecule has 0 unspecified atom stereocenters. The normalized spacial score (nSPS) is 16.6. The molecule has 3 heteroatoms. The second-order valence-electron chi connectivity index (χ2n) is 6.34. The third-order valence-electron chi connectivity index (χ3n) is 5.12. The first-order valence-corrected chi connectivity index (χ1v) is 8.04. The lowest BCUT2D eigenvalue weighted by molar-refractivity contribution is -0.121. The first-order valence-electron chi connectivity index (χ1n) is 8.04. The second-order valence-corrected chi connectivity index (χ2v) is 6.34. The van der Waals surface area contributed by atoms with Gasteiger partial charge >= 0.3 is 0 Å². The number of para-hydroxylation sites is 1. The summed E-state index contributed by atoms with van der Waals surface area (Å²) in [7, 11) is 0. The van der Waals surface area contributed by atoms with Crippen molar-refractivity contribution in [3.05, 3.63) is 36.0 Å². The van der Waals surface area contributed by atoms with Gasteiger partial charge < -0.3 is 10.3 Å². The average molecular weight is 284 g/mol. The molecule has 0 atom stereocenters. The highest BCUT2D eigenvalue weighted by molar-refractivity contribution is 5.84. The lowest BCUT2D eigenvalue weighted by Crippen LogP contribution is -2.41. The summed E-state index contributed by atoms with van der Waals surface area (Å²) in [5, 5.41) is 4.37. The summed E-state index contributed by atoms with van der Waals surface area (Å²) < 4.78 is 0. The minimum Gasteiger partial charge on any atom is -0.361 e. The van der Waals surface area contributed by atoms with Gasteiger partial charge in [0.1, 0.15) is 0 Å². The molecule has 2 N–H and O–H groups in total. The summed E-state index contributed by atoms with van der Waals surface area (Å²) in [6.07, 6.45) is 8.43. The van der Waals surface area contributed by atoms with Gasteiger partial charge in [-0.3, -0.25) is 4.79 Å². The number of carbonyl (C=O) groups is 1. The van der Waals surface area contributed by atoms with Crippen molar-refractivity contribution in [2.75, 3.05) is 6.54 Å². The minimum atomic E-state index is 0.181. The SMILES string of the molecule is CCC1(CNC(=O)CCc2c[nH]c3ccccc23)CCC1. The Morgan fingerprint density at radius 1 is 1.33 bits per heavy atom. The van der Waals surface area contributed by atoms with E-state index in [0.29, 0.717) is 11.8 Å². The van der Waals surface area contributed by atoms with E-state index in [1.807, 2.05) is 18.3 Å². The van der Waals surface area contributed by atoms with Gasteiger partial charge in [0.2, 0.25) is 5.91 Å². The quantitative estimate of drug-likeness (QED) is 0.832. The number of H-pyrrole nitrogens is 1. The van der Waals surface area contributed by atoms with Crippen LogP contribution in [0.5, 0.6) is 0 Å². The Bertz CT molecular complexity index is 619. The van der Waals surface area contributed by atoms with Crippen LogP contribution in [0.2, 0.25) is 0 Å². The van der Waals surface area contributed by atoms with Crippen LogP contribution < -0.4 is 5.32 Å². The number of hydrogen-bond donors (Lipinski definition) is 2. The van der Waals surface area contributed by atoms with E-state index in [0.717, 1.165) is 18.5 Å². The number of aromatic nitrogens is 1. The van der Waals surface area contributed by atoms with Gasteiger partial charge in [0.05, 0.1) is 0 Å². The predicted molar refractivity (Wildman–Crippen MR) is 86.2 cm³/mol. The number of aromatic amines is 1. The third kappa shape index (κ3) is 2.97. The van der Waals surface area contributed by atoms with Gasteiger partial charge in [0, 0.05) is 30.1 Å². The molecule has 0 aliphatic heterocycles. The van der Waals surface area contributed by atoms with Crippen molar-refractivity contribution >= 4 is 16.8 Å². The molecule has 112 valence electrons. The maximum Gasteiger partial charge on any atom is 0.220 e. The molecule has 0 spiro atoms. The standard InChI is InChI=1S/C18H24N2O/c1-2-18(10-5-11-18)13-20-17(21)9-8-14-12-19-16-7-4-3-6-15(14)16/h3-4,6-7,12,19H,2,5,8-11,13H2,1H3,(H,20,21). The molecule has 1 saturated carbocycles. The van der Waals surface area contributed by atoms with Crippen LogP contribution in [0.4, 0.5) is 0 Å². The van der Waals surface area contributed by atoms with Crippen LogP contribution in [0.15, 0.2) is 30.5 Å². The number of fused-ring (bicyclic) bond motifs is 1. The zero-order valence-electron chi connectivity index (χ0n) is 12.7. The number of hydrogen-bond acceptors (Lipinski definition) is 1. The highest BCUT2D eigenvalue weighted by Gasteiger charge is 2.35. The van der Waals surface area contributed by atoms with Gasteiger partial charge in [-0.1, -0.05) is 31.5 Å². The monoisotopic (exact) mass is 284 g/mol. The summed E-state index contributed by atoms with van der Waals surface area (Å²) in [6.45, 7) is 3.09. The molecule has 1 aliphatic carbocycles. The Morgan fingerprint density at radius 3 is 2.86 bits per heavy atom. The van der Waals surface area contributed by atoms with Crippen LogP contribution in [0.1, 0.15) is 44.6 Å². The van der Waals surface area contributed by atoms with Crippen LogP contribution in [0, 0.1) is 5.41 Å². The second kappa shape index (κ2) is 5.92. The van der Waals surface area contributed by atoms with Crippen molar-refractivity contribution < 1.29 is 4.79 Å². The number of aryl methyl sites for hydroxylation is 1. The number of benzene rings is 1.